The van der Waals surface area contributed by atoms with Crippen LogP contribution in [-0.2, 0) is 23.9 Å². The number of carbonyl (C=O) groups is 4. The van der Waals surface area contributed by atoms with E-state index >= 15 is 0 Å². The Morgan fingerprint density at radius 3 is 2.08 bits per heavy atom. The molecule has 0 saturated heterocycles. The van der Waals surface area contributed by atoms with E-state index in [4.69, 9.17) is 10.5 Å². The Hall–Kier alpha value is -2.12. The molecule has 3 atom stereocenters. The van der Waals surface area contributed by atoms with Gasteiger partial charge in [0.15, 0.2) is 0 Å². The van der Waals surface area contributed by atoms with E-state index in [0.29, 0.717) is 6.42 Å². The molecule has 0 spiro atoms. The molecule has 24 heavy (non-hydrogen) atoms. The quantitative estimate of drug-likeness (QED) is 0.485. The summed E-state index contributed by atoms with van der Waals surface area (Å²) in [6, 6.07) is -1.79. The van der Waals surface area contributed by atoms with Crippen LogP contribution in [-0.4, -0.2) is 42.4 Å². The van der Waals surface area contributed by atoms with Gasteiger partial charge >= 0.3 is 5.97 Å². The zero-order chi connectivity index (χ0) is 18.9. The van der Waals surface area contributed by atoms with Gasteiger partial charge in [-0.05, 0) is 25.2 Å². The number of ether oxygens (including phenoxy) is 1. The van der Waals surface area contributed by atoms with Crippen molar-refractivity contribution in [1.82, 2.24) is 10.6 Å². The minimum atomic E-state index is -1.02. The summed E-state index contributed by atoms with van der Waals surface area (Å²) in [7, 11) is 0. The molecular formula is C16H29N3O5. The number of amides is 3. The lowest BCUT2D eigenvalue weighted by atomic mass is 9.96. The van der Waals surface area contributed by atoms with Crippen LogP contribution in [0, 0.1) is 11.8 Å². The largest absolute Gasteiger partial charge is 0.466 e. The van der Waals surface area contributed by atoms with Crippen molar-refractivity contribution in [1.29, 1.82) is 0 Å². The molecule has 0 heterocycles. The number of carbonyl (C=O) groups excluding carboxylic acids is 4. The van der Waals surface area contributed by atoms with Crippen LogP contribution >= 0.6 is 0 Å². The maximum atomic E-state index is 12.4. The van der Waals surface area contributed by atoms with E-state index < -0.39 is 35.8 Å². The molecule has 0 unspecified atom stereocenters. The first kappa shape index (κ1) is 21.9. The van der Waals surface area contributed by atoms with Gasteiger partial charge in [-0.1, -0.05) is 20.8 Å². The van der Waals surface area contributed by atoms with Crippen LogP contribution in [0.2, 0.25) is 0 Å². The molecule has 0 fully saturated rings. The smallest absolute Gasteiger partial charge is 0.306 e. The molecule has 0 aliphatic carbocycles. The van der Waals surface area contributed by atoms with Crippen LogP contribution in [0.3, 0.4) is 0 Å². The lowest BCUT2D eigenvalue weighted by Gasteiger charge is -2.25. The zero-order valence-electron chi connectivity index (χ0n) is 15.0. The number of rotatable bonds is 10. The first-order valence-corrected chi connectivity index (χ1v) is 8.10. The SMILES string of the molecule is CCOC(=O)C[C@H](C)[C@@H](NC(=O)[C@H](CC(C)C)NC(C)=O)C(N)=O. The van der Waals surface area contributed by atoms with E-state index in [1.165, 1.54) is 6.92 Å². The molecule has 0 bridgehead atoms. The van der Waals surface area contributed by atoms with Gasteiger partial charge in [0.2, 0.25) is 17.7 Å². The molecular weight excluding hydrogens is 314 g/mol. The van der Waals surface area contributed by atoms with Gasteiger partial charge in [0.1, 0.15) is 12.1 Å². The van der Waals surface area contributed by atoms with Crippen LogP contribution in [0.5, 0.6) is 0 Å². The highest BCUT2D eigenvalue weighted by Gasteiger charge is 2.30. The number of esters is 1. The number of primary amides is 1. The number of nitrogens with two attached hydrogens (primary N) is 1. The molecule has 0 saturated carbocycles. The van der Waals surface area contributed by atoms with Crippen LogP contribution in [0.1, 0.15) is 47.5 Å². The fourth-order valence-electron chi connectivity index (χ4n) is 2.30. The van der Waals surface area contributed by atoms with Gasteiger partial charge < -0.3 is 21.1 Å². The predicted molar refractivity (Wildman–Crippen MR) is 88.6 cm³/mol. The zero-order valence-corrected chi connectivity index (χ0v) is 15.0. The fraction of sp³-hybridized carbons (Fsp3) is 0.750. The van der Waals surface area contributed by atoms with Crippen molar-refractivity contribution < 1.29 is 23.9 Å². The summed E-state index contributed by atoms with van der Waals surface area (Å²) in [5.41, 5.74) is 5.35. The molecule has 3 amide bonds. The van der Waals surface area contributed by atoms with Gasteiger partial charge in [0.05, 0.1) is 13.0 Å². The minimum Gasteiger partial charge on any atom is -0.466 e. The van der Waals surface area contributed by atoms with E-state index in [2.05, 4.69) is 10.6 Å². The van der Waals surface area contributed by atoms with Crippen LogP contribution < -0.4 is 16.4 Å². The van der Waals surface area contributed by atoms with Gasteiger partial charge in [-0.3, -0.25) is 19.2 Å². The predicted octanol–water partition coefficient (Wildman–Crippen LogP) is 0.0966. The summed E-state index contributed by atoms with van der Waals surface area (Å²) in [4.78, 5) is 46.9. The average Bonchev–Trinajstić information content (AvgIpc) is 2.42. The van der Waals surface area contributed by atoms with Crippen molar-refractivity contribution in [2.75, 3.05) is 6.61 Å². The summed E-state index contributed by atoms with van der Waals surface area (Å²) in [6.07, 6.45) is 0.375. The Morgan fingerprint density at radius 1 is 1.08 bits per heavy atom. The maximum absolute atomic E-state index is 12.4. The van der Waals surface area contributed by atoms with Crippen molar-refractivity contribution in [2.45, 2.75) is 59.5 Å². The van der Waals surface area contributed by atoms with Gasteiger partial charge in [-0.2, -0.15) is 0 Å². The fourth-order valence-corrected chi connectivity index (χ4v) is 2.30. The molecule has 8 heteroatoms. The average molecular weight is 343 g/mol. The van der Waals surface area contributed by atoms with Crippen molar-refractivity contribution in [3.05, 3.63) is 0 Å². The lowest BCUT2D eigenvalue weighted by Crippen LogP contribution is -2.55. The summed E-state index contributed by atoms with van der Waals surface area (Å²) >= 11 is 0. The van der Waals surface area contributed by atoms with Crippen molar-refractivity contribution >= 4 is 23.7 Å². The Balaban J connectivity index is 4.99. The molecule has 0 radical (unpaired) electrons. The highest BCUT2D eigenvalue weighted by atomic mass is 16.5. The van der Waals surface area contributed by atoms with Gasteiger partial charge in [0.25, 0.3) is 0 Å². The molecule has 0 aliphatic heterocycles. The molecule has 4 N–H and O–H groups in total. The summed E-state index contributed by atoms with van der Waals surface area (Å²) < 4.78 is 4.84. The van der Waals surface area contributed by atoms with Crippen molar-refractivity contribution in [3.8, 4) is 0 Å². The molecule has 0 rings (SSSR count). The Kier molecular flexibility index (Phi) is 9.68. The monoisotopic (exact) mass is 343 g/mol. The Labute approximate surface area is 142 Å². The number of hydrogen-bond acceptors (Lipinski definition) is 5. The first-order chi connectivity index (χ1) is 11.1. The van der Waals surface area contributed by atoms with E-state index in [0.717, 1.165) is 0 Å². The lowest BCUT2D eigenvalue weighted by molar-refractivity contribution is -0.145. The minimum absolute atomic E-state index is 0.0449. The van der Waals surface area contributed by atoms with E-state index in [9.17, 15) is 19.2 Å². The van der Waals surface area contributed by atoms with E-state index in [1.807, 2.05) is 13.8 Å². The second-order valence-corrected chi connectivity index (χ2v) is 6.26. The third-order valence-electron chi connectivity index (χ3n) is 3.37. The molecule has 138 valence electrons. The topological polar surface area (TPSA) is 128 Å². The Morgan fingerprint density at radius 2 is 1.67 bits per heavy atom. The molecule has 0 aromatic carbocycles. The van der Waals surface area contributed by atoms with E-state index in [-0.39, 0.29) is 24.9 Å². The highest BCUT2D eigenvalue weighted by Crippen LogP contribution is 2.11. The number of nitrogens with one attached hydrogen (secondary N) is 2. The first-order valence-electron chi connectivity index (χ1n) is 8.10. The second kappa shape index (κ2) is 10.6. The van der Waals surface area contributed by atoms with Gasteiger partial charge in [-0.15, -0.1) is 0 Å². The van der Waals surface area contributed by atoms with Gasteiger partial charge in [-0.25, -0.2) is 0 Å². The normalized spacial score (nSPS) is 14.4. The van der Waals surface area contributed by atoms with Gasteiger partial charge in [0, 0.05) is 6.92 Å². The standard InChI is InChI=1S/C16H29N3O5/c1-6-24-13(21)8-10(4)14(15(17)22)19-16(23)12(7-9(2)3)18-11(5)20/h9-10,12,14H,6-8H2,1-5H3,(H2,17,22)(H,18,20)(H,19,23)/t10-,12-,14+/m0/s1. The third-order valence-corrected chi connectivity index (χ3v) is 3.37. The van der Waals surface area contributed by atoms with Crippen molar-refractivity contribution in [2.24, 2.45) is 17.6 Å². The molecule has 0 aromatic heterocycles. The molecule has 0 aromatic rings. The third kappa shape index (κ3) is 8.50. The summed E-state index contributed by atoms with van der Waals surface area (Å²) in [5.74, 6) is -2.42. The van der Waals surface area contributed by atoms with E-state index in [1.54, 1.807) is 13.8 Å². The molecule has 0 aliphatic rings. The van der Waals surface area contributed by atoms with Crippen molar-refractivity contribution in [3.63, 3.8) is 0 Å². The second-order valence-electron chi connectivity index (χ2n) is 6.26. The maximum Gasteiger partial charge on any atom is 0.306 e. The van der Waals surface area contributed by atoms with Crippen LogP contribution in [0.4, 0.5) is 0 Å². The Bertz CT molecular complexity index is 465. The number of hydrogen-bond donors (Lipinski definition) is 3. The summed E-state index contributed by atoms with van der Waals surface area (Å²) in [5, 5.41) is 5.10. The van der Waals surface area contributed by atoms with Crippen LogP contribution in [0.15, 0.2) is 0 Å². The molecule has 8 nitrogen and oxygen atoms in total. The summed E-state index contributed by atoms with van der Waals surface area (Å²) in [6.45, 7) is 8.68. The highest BCUT2D eigenvalue weighted by molar-refractivity contribution is 5.91. The van der Waals surface area contributed by atoms with Crippen LogP contribution in [0.25, 0.3) is 0 Å².